The summed E-state index contributed by atoms with van der Waals surface area (Å²) >= 11 is 0. The summed E-state index contributed by atoms with van der Waals surface area (Å²) in [6, 6.07) is 15.0. The number of rotatable bonds is 1. The first-order valence-corrected chi connectivity index (χ1v) is 6.92. The van der Waals surface area contributed by atoms with Gasteiger partial charge in [-0.3, -0.25) is 0 Å². The van der Waals surface area contributed by atoms with Crippen LogP contribution in [-0.2, 0) is 13.0 Å². The van der Waals surface area contributed by atoms with Crippen LogP contribution in [0.4, 0.5) is 11.4 Å². The number of fused-ring (bicyclic) bond motifs is 1. The number of hydrogen-bond donors (Lipinski definition) is 1. The normalized spacial score (nSPS) is 14.9. The number of benzene rings is 2. The van der Waals surface area contributed by atoms with Gasteiger partial charge in [0.2, 0.25) is 0 Å². The maximum absolute atomic E-state index is 6.24. The van der Waals surface area contributed by atoms with Crippen molar-refractivity contribution in [1.82, 2.24) is 0 Å². The van der Waals surface area contributed by atoms with E-state index in [9.17, 15) is 0 Å². The second-order valence-corrected chi connectivity index (χ2v) is 5.30. The third-order valence-corrected chi connectivity index (χ3v) is 4.00. The summed E-state index contributed by atoms with van der Waals surface area (Å²) in [5.41, 5.74) is 12.4. The number of hydrogen-bond acceptors (Lipinski definition) is 2. The summed E-state index contributed by atoms with van der Waals surface area (Å²) in [5.74, 6) is 0. The monoisotopic (exact) mass is 252 g/mol. The Balaban J connectivity index is 1.96. The molecule has 0 bridgehead atoms. The zero-order valence-electron chi connectivity index (χ0n) is 11.4. The molecule has 2 aromatic rings. The van der Waals surface area contributed by atoms with Crippen LogP contribution >= 0.6 is 0 Å². The lowest BCUT2D eigenvalue weighted by atomic mass is 10.0. The van der Waals surface area contributed by atoms with Crippen LogP contribution in [-0.4, -0.2) is 6.54 Å². The Kier molecular flexibility index (Phi) is 3.16. The summed E-state index contributed by atoms with van der Waals surface area (Å²) in [6.45, 7) is 4.11. The highest BCUT2D eigenvalue weighted by Crippen LogP contribution is 2.30. The van der Waals surface area contributed by atoms with Crippen molar-refractivity contribution < 1.29 is 0 Å². The van der Waals surface area contributed by atoms with Gasteiger partial charge in [-0.1, -0.05) is 36.4 Å². The van der Waals surface area contributed by atoms with Gasteiger partial charge >= 0.3 is 0 Å². The van der Waals surface area contributed by atoms with Crippen LogP contribution < -0.4 is 10.6 Å². The van der Waals surface area contributed by atoms with Gasteiger partial charge in [0, 0.05) is 13.1 Å². The molecule has 1 heterocycles. The van der Waals surface area contributed by atoms with Gasteiger partial charge in [0.25, 0.3) is 0 Å². The zero-order chi connectivity index (χ0) is 13.2. The molecule has 0 radical (unpaired) electrons. The molecule has 98 valence electrons. The first kappa shape index (κ1) is 12.1. The fraction of sp³-hybridized carbons (Fsp3) is 0.294. The summed E-state index contributed by atoms with van der Waals surface area (Å²) < 4.78 is 0. The standard InChI is InChI=1S/C17H20N2/c1-13-6-4-10-16(17(13)18)19-11-5-9-14-7-2-3-8-15(14)12-19/h2-4,6-8,10H,5,9,11-12,18H2,1H3. The van der Waals surface area contributed by atoms with Crippen LogP contribution in [0.3, 0.4) is 0 Å². The maximum Gasteiger partial charge on any atom is 0.0605 e. The molecule has 3 rings (SSSR count). The molecule has 2 nitrogen and oxygen atoms in total. The van der Waals surface area contributed by atoms with Crippen LogP contribution in [0.5, 0.6) is 0 Å². The predicted molar refractivity (Wildman–Crippen MR) is 81.4 cm³/mol. The highest BCUT2D eigenvalue weighted by Gasteiger charge is 2.16. The van der Waals surface area contributed by atoms with Crippen molar-refractivity contribution in [2.45, 2.75) is 26.3 Å². The van der Waals surface area contributed by atoms with Crippen molar-refractivity contribution in [3.05, 3.63) is 59.2 Å². The minimum Gasteiger partial charge on any atom is -0.397 e. The maximum atomic E-state index is 6.24. The van der Waals surface area contributed by atoms with Crippen LogP contribution in [0.15, 0.2) is 42.5 Å². The van der Waals surface area contributed by atoms with E-state index in [1.165, 1.54) is 29.7 Å². The zero-order valence-corrected chi connectivity index (χ0v) is 11.4. The molecule has 0 spiro atoms. The number of aryl methyl sites for hydroxylation is 2. The molecule has 0 atom stereocenters. The smallest absolute Gasteiger partial charge is 0.0605 e. The highest BCUT2D eigenvalue weighted by atomic mass is 15.1. The van der Waals surface area contributed by atoms with E-state index in [0.717, 1.165) is 24.3 Å². The quantitative estimate of drug-likeness (QED) is 0.787. The van der Waals surface area contributed by atoms with E-state index >= 15 is 0 Å². The minimum absolute atomic E-state index is 0.918. The average Bonchev–Trinajstić information content (AvgIpc) is 2.64. The number of anilines is 2. The molecule has 0 unspecified atom stereocenters. The number of nitrogens with zero attached hydrogens (tertiary/aromatic N) is 1. The van der Waals surface area contributed by atoms with Crippen molar-refractivity contribution in [3.8, 4) is 0 Å². The van der Waals surface area contributed by atoms with Crippen molar-refractivity contribution in [2.75, 3.05) is 17.2 Å². The van der Waals surface area contributed by atoms with E-state index < -0.39 is 0 Å². The van der Waals surface area contributed by atoms with Crippen molar-refractivity contribution in [3.63, 3.8) is 0 Å². The molecule has 0 aromatic heterocycles. The molecule has 0 saturated carbocycles. The number of nitrogen functional groups attached to an aromatic ring is 1. The molecule has 0 fully saturated rings. The fourth-order valence-electron chi connectivity index (χ4n) is 2.85. The lowest BCUT2D eigenvalue weighted by molar-refractivity contribution is 0.766. The van der Waals surface area contributed by atoms with Gasteiger partial charge in [-0.25, -0.2) is 0 Å². The minimum atomic E-state index is 0.918. The Labute approximate surface area is 114 Å². The van der Waals surface area contributed by atoms with Crippen molar-refractivity contribution in [1.29, 1.82) is 0 Å². The highest BCUT2D eigenvalue weighted by molar-refractivity contribution is 5.71. The molecule has 1 aliphatic rings. The van der Waals surface area contributed by atoms with E-state index in [2.05, 4.69) is 54.3 Å². The van der Waals surface area contributed by atoms with Gasteiger partial charge in [0.15, 0.2) is 0 Å². The van der Waals surface area contributed by atoms with Gasteiger partial charge in [-0.2, -0.15) is 0 Å². The molecule has 0 saturated heterocycles. The van der Waals surface area contributed by atoms with Gasteiger partial charge in [-0.05, 0) is 42.5 Å². The number of nitrogens with two attached hydrogens (primary N) is 1. The van der Waals surface area contributed by atoms with E-state index in [-0.39, 0.29) is 0 Å². The molecule has 2 aromatic carbocycles. The molecule has 2 N–H and O–H groups in total. The molecule has 2 heteroatoms. The largest absolute Gasteiger partial charge is 0.397 e. The van der Waals surface area contributed by atoms with E-state index in [1.807, 2.05) is 0 Å². The summed E-state index contributed by atoms with van der Waals surface area (Å²) in [5, 5.41) is 0. The predicted octanol–water partition coefficient (Wildman–Crippen LogP) is 3.53. The molecule has 0 aliphatic carbocycles. The van der Waals surface area contributed by atoms with Crippen LogP contribution in [0.2, 0.25) is 0 Å². The lowest BCUT2D eigenvalue weighted by Gasteiger charge is -2.25. The third kappa shape index (κ3) is 2.30. The molecule has 1 aliphatic heterocycles. The molecular weight excluding hydrogens is 232 g/mol. The van der Waals surface area contributed by atoms with Gasteiger partial charge in [-0.15, -0.1) is 0 Å². The number of para-hydroxylation sites is 1. The summed E-state index contributed by atoms with van der Waals surface area (Å²) in [4.78, 5) is 2.41. The van der Waals surface area contributed by atoms with Crippen LogP contribution in [0.1, 0.15) is 23.1 Å². The van der Waals surface area contributed by atoms with Crippen LogP contribution in [0.25, 0.3) is 0 Å². The fourth-order valence-corrected chi connectivity index (χ4v) is 2.85. The molecular formula is C17H20N2. The van der Waals surface area contributed by atoms with Gasteiger partial charge in [0.05, 0.1) is 11.4 Å². The second kappa shape index (κ2) is 4.96. The summed E-state index contributed by atoms with van der Waals surface area (Å²) in [7, 11) is 0. The summed E-state index contributed by atoms with van der Waals surface area (Å²) in [6.07, 6.45) is 2.35. The van der Waals surface area contributed by atoms with E-state index in [0.29, 0.717) is 0 Å². The van der Waals surface area contributed by atoms with Crippen molar-refractivity contribution >= 4 is 11.4 Å². The van der Waals surface area contributed by atoms with Gasteiger partial charge in [0.1, 0.15) is 0 Å². The third-order valence-electron chi connectivity index (χ3n) is 4.00. The Morgan fingerprint density at radius 2 is 1.79 bits per heavy atom. The molecule has 19 heavy (non-hydrogen) atoms. The Morgan fingerprint density at radius 1 is 1.00 bits per heavy atom. The average molecular weight is 252 g/mol. The Bertz CT molecular complexity index is 590. The SMILES string of the molecule is Cc1cccc(N2CCCc3ccccc3C2)c1N. The van der Waals surface area contributed by atoms with Crippen molar-refractivity contribution in [2.24, 2.45) is 0 Å². The van der Waals surface area contributed by atoms with E-state index in [4.69, 9.17) is 5.73 Å². The Hall–Kier alpha value is -1.96. The topological polar surface area (TPSA) is 29.3 Å². The van der Waals surface area contributed by atoms with E-state index in [1.54, 1.807) is 0 Å². The lowest BCUT2D eigenvalue weighted by Crippen LogP contribution is -2.23. The second-order valence-electron chi connectivity index (χ2n) is 5.30. The first-order chi connectivity index (χ1) is 9.25. The first-order valence-electron chi connectivity index (χ1n) is 6.92. The van der Waals surface area contributed by atoms with Crippen LogP contribution in [0, 0.1) is 6.92 Å². The van der Waals surface area contributed by atoms with Gasteiger partial charge < -0.3 is 10.6 Å². The Morgan fingerprint density at radius 3 is 2.63 bits per heavy atom. The molecule has 0 amide bonds.